The molecule has 0 radical (unpaired) electrons. The topological polar surface area (TPSA) is 68.0 Å². The first-order valence-corrected chi connectivity index (χ1v) is 8.16. The first kappa shape index (κ1) is 14.3. The number of nitrogens with two attached hydrogens (primary N) is 1. The largest absolute Gasteiger partial charge is 0.397 e. The van der Waals surface area contributed by atoms with E-state index in [-0.39, 0.29) is 11.3 Å². The summed E-state index contributed by atoms with van der Waals surface area (Å²) >= 11 is 1.40. The molecule has 4 nitrogen and oxygen atoms in total. The SMILES string of the molecule is CC(C)(C)CNC(=O)c1sc2nc3c(cc2c1N)CCC3. The number of fused-ring (bicyclic) bond motifs is 2. The van der Waals surface area contributed by atoms with Gasteiger partial charge in [-0.15, -0.1) is 11.3 Å². The van der Waals surface area contributed by atoms with Crippen LogP contribution in [0, 0.1) is 5.41 Å². The Morgan fingerprint density at radius 1 is 1.43 bits per heavy atom. The summed E-state index contributed by atoms with van der Waals surface area (Å²) in [6, 6.07) is 2.12. The number of rotatable bonds is 2. The van der Waals surface area contributed by atoms with Gasteiger partial charge >= 0.3 is 0 Å². The van der Waals surface area contributed by atoms with Crippen LogP contribution in [0.1, 0.15) is 48.1 Å². The van der Waals surface area contributed by atoms with Crippen LogP contribution in [0.3, 0.4) is 0 Å². The summed E-state index contributed by atoms with van der Waals surface area (Å²) in [5, 5.41) is 3.89. The van der Waals surface area contributed by atoms with Gasteiger partial charge in [-0.1, -0.05) is 20.8 Å². The van der Waals surface area contributed by atoms with Gasteiger partial charge in [0.25, 0.3) is 5.91 Å². The van der Waals surface area contributed by atoms with Crippen molar-refractivity contribution in [2.45, 2.75) is 40.0 Å². The Morgan fingerprint density at radius 2 is 2.19 bits per heavy atom. The Balaban J connectivity index is 1.93. The highest BCUT2D eigenvalue weighted by atomic mass is 32.1. The van der Waals surface area contributed by atoms with Crippen molar-refractivity contribution in [3.05, 3.63) is 22.2 Å². The van der Waals surface area contributed by atoms with E-state index in [1.165, 1.54) is 29.0 Å². The Labute approximate surface area is 128 Å². The van der Waals surface area contributed by atoms with E-state index in [0.717, 1.165) is 23.1 Å². The summed E-state index contributed by atoms with van der Waals surface area (Å²) in [5.74, 6) is -0.0921. The van der Waals surface area contributed by atoms with Gasteiger partial charge in [0.2, 0.25) is 0 Å². The number of aromatic nitrogens is 1. The molecule has 1 aliphatic carbocycles. The predicted molar refractivity (Wildman–Crippen MR) is 87.8 cm³/mol. The number of hydrogen-bond donors (Lipinski definition) is 2. The quantitative estimate of drug-likeness (QED) is 0.895. The molecule has 0 fully saturated rings. The molecular formula is C16H21N3OS. The number of nitrogen functional groups attached to an aromatic ring is 1. The van der Waals surface area contributed by atoms with Gasteiger partial charge < -0.3 is 11.1 Å². The fourth-order valence-electron chi connectivity index (χ4n) is 2.59. The van der Waals surface area contributed by atoms with Crippen molar-refractivity contribution in [2.24, 2.45) is 5.41 Å². The minimum Gasteiger partial charge on any atom is -0.397 e. The molecule has 0 aromatic carbocycles. The highest BCUT2D eigenvalue weighted by molar-refractivity contribution is 7.21. The van der Waals surface area contributed by atoms with Crippen LogP contribution < -0.4 is 11.1 Å². The lowest BCUT2D eigenvalue weighted by Gasteiger charge is -2.18. The Kier molecular flexibility index (Phi) is 3.40. The van der Waals surface area contributed by atoms with Crippen LogP contribution in [0.15, 0.2) is 6.07 Å². The number of carbonyl (C=O) groups is 1. The summed E-state index contributed by atoms with van der Waals surface area (Å²) in [7, 11) is 0. The fraction of sp³-hybridized carbons (Fsp3) is 0.500. The number of aryl methyl sites for hydroxylation is 2. The zero-order valence-electron chi connectivity index (χ0n) is 12.7. The van der Waals surface area contributed by atoms with Gasteiger partial charge in [-0.3, -0.25) is 4.79 Å². The zero-order chi connectivity index (χ0) is 15.2. The van der Waals surface area contributed by atoms with Crippen LogP contribution in [0.2, 0.25) is 0 Å². The lowest BCUT2D eigenvalue weighted by atomic mass is 9.97. The Hall–Kier alpha value is -1.62. The summed E-state index contributed by atoms with van der Waals surface area (Å²) in [6.45, 7) is 6.90. The highest BCUT2D eigenvalue weighted by Gasteiger charge is 2.22. The van der Waals surface area contributed by atoms with Crippen LogP contribution in [0.25, 0.3) is 10.2 Å². The second kappa shape index (κ2) is 4.98. The lowest BCUT2D eigenvalue weighted by molar-refractivity contribution is 0.0944. The van der Waals surface area contributed by atoms with E-state index >= 15 is 0 Å². The molecule has 2 heterocycles. The highest BCUT2D eigenvalue weighted by Crippen LogP contribution is 2.35. The summed E-state index contributed by atoms with van der Waals surface area (Å²) < 4.78 is 0. The number of pyridine rings is 1. The Morgan fingerprint density at radius 3 is 2.90 bits per heavy atom. The maximum absolute atomic E-state index is 12.3. The van der Waals surface area contributed by atoms with Crippen LogP contribution in [0.5, 0.6) is 0 Å². The molecule has 0 spiro atoms. The molecule has 0 atom stereocenters. The normalized spacial score (nSPS) is 14.4. The molecule has 112 valence electrons. The van der Waals surface area contributed by atoms with Crippen LogP contribution in [-0.2, 0) is 12.8 Å². The van der Waals surface area contributed by atoms with Crippen LogP contribution in [0.4, 0.5) is 5.69 Å². The van der Waals surface area contributed by atoms with E-state index in [0.29, 0.717) is 17.1 Å². The summed E-state index contributed by atoms with van der Waals surface area (Å²) in [4.78, 5) is 18.5. The molecule has 3 N–H and O–H groups in total. The fourth-order valence-corrected chi connectivity index (χ4v) is 3.60. The lowest BCUT2D eigenvalue weighted by Crippen LogP contribution is -2.32. The third-order valence-electron chi connectivity index (χ3n) is 3.73. The third-order valence-corrected chi connectivity index (χ3v) is 4.85. The smallest absolute Gasteiger partial charge is 0.263 e. The van der Waals surface area contributed by atoms with Crippen LogP contribution >= 0.6 is 11.3 Å². The average Bonchev–Trinajstić information content (AvgIpc) is 2.98. The van der Waals surface area contributed by atoms with E-state index in [1.807, 2.05) is 0 Å². The second-order valence-electron chi connectivity index (χ2n) is 6.89. The standard InChI is InChI=1S/C16H21N3OS/c1-16(2,3)8-18-14(20)13-12(17)10-7-9-5-4-6-11(9)19-15(10)21-13/h7H,4-6,8,17H2,1-3H3,(H,18,20). The van der Waals surface area contributed by atoms with Crippen molar-refractivity contribution in [1.29, 1.82) is 0 Å². The maximum Gasteiger partial charge on any atom is 0.263 e. The molecule has 0 bridgehead atoms. The van der Waals surface area contributed by atoms with Gasteiger partial charge in [-0.25, -0.2) is 4.98 Å². The molecule has 0 aliphatic heterocycles. The van der Waals surface area contributed by atoms with Crippen molar-refractivity contribution in [1.82, 2.24) is 10.3 Å². The van der Waals surface area contributed by atoms with Crippen LogP contribution in [-0.4, -0.2) is 17.4 Å². The van der Waals surface area contributed by atoms with Gasteiger partial charge in [0.15, 0.2) is 0 Å². The van der Waals surface area contributed by atoms with Gasteiger partial charge in [0.1, 0.15) is 9.71 Å². The van der Waals surface area contributed by atoms with Crippen molar-refractivity contribution < 1.29 is 4.79 Å². The first-order chi connectivity index (χ1) is 9.85. The minimum atomic E-state index is -0.0921. The van der Waals surface area contributed by atoms with E-state index in [2.05, 4.69) is 37.1 Å². The summed E-state index contributed by atoms with van der Waals surface area (Å²) in [6.07, 6.45) is 3.27. The average molecular weight is 303 g/mol. The molecule has 0 unspecified atom stereocenters. The molecule has 1 aliphatic rings. The number of amides is 1. The monoisotopic (exact) mass is 303 g/mol. The predicted octanol–water partition coefficient (Wildman–Crippen LogP) is 3.14. The molecular weight excluding hydrogens is 282 g/mol. The van der Waals surface area contributed by atoms with Gasteiger partial charge in [-0.05, 0) is 36.3 Å². The van der Waals surface area contributed by atoms with E-state index in [9.17, 15) is 4.79 Å². The molecule has 0 saturated heterocycles. The molecule has 5 heteroatoms. The minimum absolute atomic E-state index is 0.0561. The number of anilines is 1. The second-order valence-corrected chi connectivity index (χ2v) is 7.89. The number of thiophene rings is 1. The first-order valence-electron chi connectivity index (χ1n) is 7.34. The summed E-state index contributed by atoms with van der Waals surface area (Å²) in [5.41, 5.74) is 9.27. The number of nitrogens with zero attached hydrogens (tertiary/aromatic N) is 1. The number of hydrogen-bond acceptors (Lipinski definition) is 4. The molecule has 2 aromatic heterocycles. The zero-order valence-corrected chi connectivity index (χ0v) is 13.6. The van der Waals surface area contributed by atoms with Crippen molar-refractivity contribution in [3.63, 3.8) is 0 Å². The van der Waals surface area contributed by atoms with Crippen molar-refractivity contribution in [3.8, 4) is 0 Å². The molecule has 3 rings (SSSR count). The number of nitrogens with one attached hydrogen (secondary N) is 1. The third kappa shape index (κ3) is 2.75. The Bertz CT molecular complexity index is 712. The van der Waals surface area contributed by atoms with Gasteiger partial charge in [0, 0.05) is 17.6 Å². The van der Waals surface area contributed by atoms with Gasteiger partial charge in [-0.2, -0.15) is 0 Å². The molecule has 21 heavy (non-hydrogen) atoms. The molecule has 0 saturated carbocycles. The van der Waals surface area contributed by atoms with E-state index in [4.69, 9.17) is 5.73 Å². The number of carbonyl (C=O) groups excluding carboxylic acids is 1. The van der Waals surface area contributed by atoms with E-state index < -0.39 is 0 Å². The van der Waals surface area contributed by atoms with E-state index in [1.54, 1.807) is 0 Å². The van der Waals surface area contributed by atoms with Gasteiger partial charge in [0.05, 0.1) is 5.69 Å². The van der Waals surface area contributed by atoms with Crippen molar-refractivity contribution >= 4 is 33.1 Å². The molecule has 1 amide bonds. The molecule has 2 aromatic rings. The maximum atomic E-state index is 12.3. The van der Waals surface area contributed by atoms with Crippen molar-refractivity contribution in [2.75, 3.05) is 12.3 Å².